The molecule has 0 spiro atoms. The number of ketones is 1. The van der Waals surface area contributed by atoms with Gasteiger partial charge in [0.15, 0.2) is 10.9 Å². The first-order valence-corrected chi connectivity index (χ1v) is 7.28. The lowest BCUT2D eigenvalue weighted by molar-refractivity contribution is -0.115. The lowest BCUT2D eigenvalue weighted by Crippen LogP contribution is -2.23. The van der Waals surface area contributed by atoms with Crippen LogP contribution in [0.4, 0.5) is 5.69 Å². The fourth-order valence-electron chi connectivity index (χ4n) is 1.72. The van der Waals surface area contributed by atoms with Crippen molar-refractivity contribution in [3.05, 3.63) is 36.2 Å². The Labute approximate surface area is 127 Å². The lowest BCUT2D eigenvalue weighted by atomic mass is 10.1. The maximum Gasteiger partial charge on any atom is 0.237 e. The molecule has 110 valence electrons. The predicted octanol–water partition coefficient (Wildman–Crippen LogP) is 2.14. The van der Waals surface area contributed by atoms with Gasteiger partial charge in [0.2, 0.25) is 5.91 Å². The van der Waals surface area contributed by atoms with Crippen LogP contribution >= 0.6 is 11.8 Å². The van der Waals surface area contributed by atoms with E-state index in [-0.39, 0.29) is 16.9 Å². The Morgan fingerprint density at radius 1 is 1.33 bits per heavy atom. The molecule has 0 saturated heterocycles. The van der Waals surface area contributed by atoms with Gasteiger partial charge in [0.25, 0.3) is 0 Å². The number of benzene rings is 1. The maximum atomic E-state index is 12.2. The van der Waals surface area contributed by atoms with Gasteiger partial charge in [0.05, 0.1) is 10.9 Å². The molecule has 2 aromatic rings. The Kier molecular flexibility index (Phi) is 4.74. The highest BCUT2D eigenvalue weighted by molar-refractivity contribution is 8.00. The van der Waals surface area contributed by atoms with Gasteiger partial charge in [-0.05, 0) is 26.0 Å². The van der Waals surface area contributed by atoms with Crippen molar-refractivity contribution in [2.45, 2.75) is 24.3 Å². The van der Waals surface area contributed by atoms with Gasteiger partial charge in [-0.25, -0.2) is 0 Å². The molecule has 1 aromatic heterocycles. The number of aromatic nitrogens is 3. The number of amides is 1. The Balaban J connectivity index is 2.08. The first kappa shape index (κ1) is 15.2. The zero-order valence-corrected chi connectivity index (χ0v) is 12.8. The number of anilines is 1. The molecule has 1 atom stereocenters. The number of carbonyl (C=O) groups is 2. The highest BCUT2D eigenvalue weighted by Crippen LogP contribution is 2.22. The summed E-state index contributed by atoms with van der Waals surface area (Å²) in [5, 5.41) is 10.8. The standard InChI is InChI=1S/C14H16N4O2S/c1-9(19)11-6-4-5-7-12(11)16-13(20)10(2)21-14-17-15-8-18(14)3/h4-8,10H,1-3H3,(H,16,20)/t10-/m0/s1. The Hall–Kier alpha value is -2.15. The predicted molar refractivity (Wildman–Crippen MR) is 81.4 cm³/mol. The highest BCUT2D eigenvalue weighted by Gasteiger charge is 2.18. The molecule has 1 amide bonds. The number of carbonyl (C=O) groups excluding carboxylic acids is 2. The molecule has 0 saturated carbocycles. The van der Waals surface area contributed by atoms with E-state index in [4.69, 9.17) is 0 Å². The van der Waals surface area contributed by atoms with Crippen molar-refractivity contribution in [3.63, 3.8) is 0 Å². The highest BCUT2D eigenvalue weighted by atomic mass is 32.2. The molecule has 1 aromatic carbocycles. The molecule has 0 aliphatic carbocycles. The van der Waals surface area contributed by atoms with E-state index in [1.807, 2.05) is 7.05 Å². The molecule has 6 nitrogen and oxygen atoms in total. The van der Waals surface area contributed by atoms with Crippen LogP contribution in [0.5, 0.6) is 0 Å². The quantitative estimate of drug-likeness (QED) is 0.676. The molecule has 2 rings (SSSR count). The fraction of sp³-hybridized carbons (Fsp3) is 0.286. The van der Waals surface area contributed by atoms with Crippen LogP contribution in [0.15, 0.2) is 35.7 Å². The van der Waals surface area contributed by atoms with Gasteiger partial charge in [-0.15, -0.1) is 10.2 Å². The summed E-state index contributed by atoms with van der Waals surface area (Å²) in [6, 6.07) is 6.96. The smallest absolute Gasteiger partial charge is 0.237 e. The van der Waals surface area contributed by atoms with E-state index in [1.165, 1.54) is 18.7 Å². The fourth-order valence-corrected chi connectivity index (χ4v) is 2.51. The minimum absolute atomic E-state index is 0.0838. The SMILES string of the molecule is CC(=O)c1ccccc1NC(=O)[C@H](C)Sc1nncn1C. The lowest BCUT2D eigenvalue weighted by Gasteiger charge is -2.13. The summed E-state index contributed by atoms with van der Waals surface area (Å²) in [5.41, 5.74) is 1.03. The van der Waals surface area contributed by atoms with Crippen molar-refractivity contribution in [3.8, 4) is 0 Å². The zero-order valence-electron chi connectivity index (χ0n) is 12.0. The summed E-state index contributed by atoms with van der Waals surface area (Å²) < 4.78 is 1.75. The van der Waals surface area contributed by atoms with Gasteiger partial charge >= 0.3 is 0 Å². The van der Waals surface area contributed by atoms with Crippen LogP contribution < -0.4 is 5.32 Å². The average molecular weight is 304 g/mol. The number of hydrogen-bond acceptors (Lipinski definition) is 5. The zero-order chi connectivity index (χ0) is 15.4. The summed E-state index contributed by atoms with van der Waals surface area (Å²) in [4.78, 5) is 23.8. The number of thioether (sulfide) groups is 1. The minimum atomic E-state index is -0.354. The minimum Gasteiger partial charge on any atom is -0.324 e. The van der Waals surface area contributed by atoms with Crippen LogP contribution in [0.2, 0.25) is 0 Å². The van der Waals surface area contributed by atoms with E-state index in [0.717, 1.165) is 0 Å². The maximum absolute atomic E-state index is 12.2. The van der Waals surface area contributed by atoms with Gasteiger partial charge < -0.3 is 9.88 Å². The molecule has 1 N–H and O–H groups in total. The number of rotatable bonds is 5. The Bertz CT molecular complexity index is 668. The number of aryl methyl sites for hydroxylation is 1. The third-order valence-electron chi connectivity index (χ3n) is 2.89. The van der Waals surface area contributed by atoms with E-state index in [1.54, 1.807) is 42.1 Å². The van der Waals surface area contributed by atoms with Crippen molar-refractivity contribution in [2.75, 3.05) is 5.32 Å². The third kappa shape index (κ3) is 3.69. The van der Waals surface area contributed by atoms with Crippen molar-refractivity contribution in [1.29, 1.82) is 0 Å². The van der Waals surface area contributed by atoms with E-state index in [0.29, 0.717) is 16.4 Å². The monoisotopic (exact) mass is 304 g/mol. The summed E-state index contributed by atoms with van der Waals surface area (Å²) >= 11 is 1.31. The van der Waals surface area contributed by atoms with Gasteiger partial charge in [-0.1, -0.05) is 23.9 Å². The second-order valence-corrected chi connectivity index (χ2v) is 5.88. The van der Waals surface area contributed by atoms with Crippen molar-refractivity contribution in [2.24, 2.45) is 7.05 Å². The van der Waals surface area contributed by atoms with Gasteiger partial charge in [0.1, 0.15) is 6.33 Å². The van der Waals surface area contributed by atoms with Gasteiger partial charge in [-0.2, -0.15) is 0 Å². The summed E-state index contributed by atoms with van der Waals surface area (Å²) in [6.07, 6.45) is 1.58. The van der Waals surface area contributed by atoms with Crippen LogP contribution in [-0.4, -0.2) is 31.7 Å². The van der Waals surface area contributed by atoms with Crippen LogP contribution in [-0.2, 0) is 11.8 Å². The van der Waals surface area contributed by atoms with E-state index >= 15 is 0 Å². The largest absolute Gasteiger partial charge is 0.324 e. The first-order chi connectivity index (χ1) is 9.99. The molecular formula is C14H16N4O2S. The molecular weight excluding hydrogens is 288 g/mol. The molecule has 1 heterocycles. The molecule has 0 aliphatic heterocycles. The van der Waals surface area contributed by atoms with Crippen LogP contribution in [0, 0.1) is 0 Å². The molecule has 0 aliphatic rings. The topological polar surface area (TPSA) is 76.9 Å². The van der Waals surface area contributed by atoms with Crippen molar-refractivity contribution >= 4 is 29.1 Å². The second-order valence-electron chi connectivity index (χ2n) is 4.58. The van der Waals surface area contributed by atoms with Crippen LogP contribution in [0.25, 0.3) is 0 Å². The molecule has 0 fully saturated rings. The molecule has 21 heavy (non-hydrogen) atoms. The normalized spacial score (nSPS) is 12.0. The molecule has 0 radical (unpaired) electrons. The number of nitrogens with zero attached hydrogens (tertiary/aromatic N) is 3. The number of para-hydroxylation sites is 1. The van der Waals surface area contributed by atoms with Crippen molar-refractivity contribution in [1.82, 2.24) is 14.8 Å². The Morgan fingerprint density at radius 3 is 2.67 bits per heavy atom. The Morgan fingerprint density at radius 2 is 2.05 bits per heavy atom. The number of nitrogens with one attached hydrogen (secondary N) is 1. The molecule has 0 unspecified atom stereocenters. The van der Waals surface area contributed by atoms with Crippen molar-refractivity contribution < 1.29 is 9.59 Å². The number of Topliss-reactive ketones (excluding diaryl/α,β-unsaturated/α-hetero) is 1. The summed E-state index contributed by atoms with van der Waals surface area (Å²) in [5.74, 6) is -0.267. The van der Waals surface area contributed by atoms with Gasteiger partial charge in [-0.3, -0.25) is 9.59 Å². The molecule has 0 bridgehead atoms. The van der Waals surface area contributed by atoms with Gasteiger partial charge in [0, 0.05) is 12.6 Å². The van der Waals surface area contributed by atoms with E-state index in [9.17, 15) is 9.59 Å². The first-order valence-electron chi connectivity index (χ1n) is 6.40. The third-order valence-corrected chi connectivity index (χ3v) is 4.03. The number of hydrogen-bond donors (Lipinski definition) is 1. The summed E-state index contributed by atoms with van der Waals surface area (Å²) in [6.45, 7) is 3.26. The van der Waals surface area contributed by atoms with Crippen LogP contribution in [0.1, 0.15) is 24.2 Å². The van der Waals surface area contributed by atoms with E-state index in [2.05, 4.69) is 15.5 Å². The molecule has 7 heteroatoms. The van der Waals surface area contributed by atoms with Crippen LogP contribution in [0.3, 0.4) is 0 Å². The second kappa shape index (κ2) is 6.53. The average Bonchev–Trinajstić information content (AvgIpc) is 2.84. The van der Waals surface area contributed by atoms with E-state index < -0.39 is 0 Å². The summed E-state index contributed by atoms with van der Waals surface area (Å²) in [7, 11) is 1.82.